The fourth-order valence-corrected chi connectivity index (χ4v) is 1.39. The molecule has 0 heterocycles. The predicted octanol–water partition coefficient (Wildman–Crippen LogP) is -0.245. The average Bonchev–Trinajstić information content (AvgIpc) is 2.39. The van der Waals surface area contributed by atoms with Gasteiger partial charge in [-0.2, -0.15) is 0 Å². The zero-order valence-corrected chi connectivity index (χ0v) is 11.6. The lowest BCUT2D eigenvalue weighted by molar-refractivity contribution is -0.144. The Kier molecular flexibility index (Phi) is 8.52. The quantitative estimate of drug-likeness (QED) is 0.501. The number of rotatable bonds is 9. The Morgan fingerprint density at radius 2 is 1.95 bits per heavy atom. The summed E-state index contributed by atoms with van der Waals surface area (Å²) in [7, 11) is 1.23. The van der Waals surface area contributed by atoms with Crippen LogP contribution in [0.15, 0.2) is 0 Å². The van der Waals surface area contributed by atoms with E-state index < -0.39 is 18.0 Å². The van der Waals surface area contributed by atoms with E-state index in [2.05, 4.69) is 15.4 Å². The Morgan fingerprint density at radius 3 is 2.42 bits per heavy atom. The van der Waals surface area contributed by atoms with Crippen LogP contribution < -0.4 is 10.6 Å². The van der Waals surface area contributed by atoms with Crippen molar-refractivity contribution in [2.75, 3.05) is 20.2 Å². The van der Waals surface area contributed by atoms with Crippen LogP contribution in [-0.2, 0) is 19.1 Å². The van der Waals surface area contributed by atoms with Gasteiger partial charge in [0.25, 0.3) is 0 Å². The predicted molar refractivity (Wildman–Crippen MR) is 68.5 cm³/mol. The van der Waals surface area contributed by atoms with Gasteiger partial charge in [-0.05, 0) is 13.0 Å². The van der Waals surface area contributed by atoms with Crippen molar-refractivity contribution in [3.63, 3.8) is 0 Å². The van der Waals surface area contributed by atoms with Gasteiger partial charge in [0, 0.05) is 18.9 Å². The normalized spacial score (nSPS) is 13.4. The molecule has 0 aliphatic rings. The van der Waals surface area contributed by atoms with Crippen LogP contribution in [0.5, 0.6) is 0 Å². The topological polar surface area (TPSA) is 105 Å². The number of hydrogen-bond donors (Lipinski definition) is 3. The third kappa shape index (κ3) is 7.40. The van der Waals surface area contributed by atoms with Gasteiger partial charge in [-0.25, -0.2) is 4.79 Å². The maximum atomic E-state index is 11.7. The molecule has 1 unspecified atom stereocenters. The van der Waals surface area contributed by atoms with Crippen LogP contribution in [0.2, 0.25) is 0 Å². The molecule has 0 spiro atoms. The Balaban J connectivity index is 4.29. The van der Waals surface area contributed by atoms with Gasteiger partial charge in [-0.15, -0.1) is 0 Å². The monoisotopic (exact) mass is 274 g/mol. The first-order chi connectivity index (χ1) is 8.92. The zero-order chi connectivity index (χ0) is 14.8. The molecule has 0 saturated carbocycles. The van der Waals surface area contributed by atoms with Gasteiger partial charge in [0.2, 0.25) is 5.91 Å². The molecule has 0 fully saturated rings. The van der Waals surface area contributed by atoms with Crippen LogP contribution in [0.4, 0.5) is 0 Å². The Labute approximate surface area is 112 Å². The summed E-state index contributed by atoms with van der Waals surface area (Å²) in [6, 6.07) is -1.07. The highest BCUT2D eigenvalue weighted by Crippen LogP contribution is 2.02. The molecule has 0 saturated heterocycles. The Hall–Kier alpha value is -1.63. The minimum absolute atomic E-state index is 0.0155. The molecule has 0 bridgehead atoms. The molecule has 1 amide bonds. The van der Waals surface area contributed by atoms with Crippen LogP contribution in [0.1, 0.15) is 26.7 Å². The molecule has 110 valence electrons. The number of carboxylic acid groups (broad SMARTS) is 1. The van der Waals surface area contributed by atoms with E-state index in [9.17, 15) is 14.4 Å². The number of methoxy groups -OCH3 is 1. The molecular formula is C12H22N2O5. The van der Waals surface area contributed by atoms with Crippen LogP contribution in [0.3, 0.4) is 0 Å². The molecule has 0 aromatic rings. The van der Waals surface area contributed by atoms with E-state index in [-0.39, 0.29) is 24.7 Å². The Morgan fingerprint density at radius 1 is 1.32 bits per heavy atom. The molecule has 0 radical (unpaired) electrons. The van der Waals surface area contributed by atoms with Crippen LogP contribution in [0.25, 0.3) is 0 Å². The zero-order valence-electron chi connectivity index (χ0n) is 11.6. The number of hydrogen-bond acceptors (Lipinski definition) is 5. The molecule has 7 nitrogen and oxygen atoms in total. The first-order valence-electron chi connectivity index (χ1n) is 6.23. The van der Waals surface area contributed by atoms with Gasteiger partial charge in [0.1, 0.15) is 6.04 Å². The lowest BCUT2D eigenvalue weighted by atomic mass is 10.1. The Bertz CT molecular complexity index is 319. The highest BCUT2D eigenvalue weighted by Gasteiger charge is 2.23. The molecule has 0 rings (SSSR count). The molecule has 0 aromatic heterocycles. The number of amides is 1. The summed E-state index contributed by atoms with van der Waals surface area (Å²) in [4.78, 5) is 33.7. The summed E-state index contributed by atoms with van der Waals surface area (Å²) in [6.07, 6.45) is -0.0307. The highest BCUT2D eigenvalue weighted by molar-refractivity contribution is 5.85. The van der Waals surface area contributed by atoms with Crippen molar-refractivity contribution >= 4 is 17.8 Å². The van der Waals surface area contributed by atoms with Crippen molar-refractivity contribution in [2.45, 2.75) is 32.7 Å². The largest absolute Gasteiger partial charge is 0.480 e. The van der Waals surface area contributed by atoms with Gasteiger partial charge in [0.15, 0.2) is 0 Å². The van der Waals surface area contributed by atoms with Crippen molar-refractivity contribution in [1.82, 2.24) is 10.6 Å². The molecule has 19 heavy (non-hydrogen) atoms. The van der Waals surface area contributed by atoms with Gasteiger partial charge in [0.05, 0.1) is 7.11 Å². The SMILES string of the molecule is CCNCC(C)C(=O)N[C@H](CCC(=O)OC)C(=O)O. The molecule has 2 atom stereocenters. The lowest BCUT2D eigenvalue weighted by Gasteiger charge is -2.17. The number of carboxylic acids is 1. The van der Waals surface area contributed by atoms with Crippen LogP contribution in [0, 0.1) is 5.92 Å². The highest BCUT2D eigenvalue weighted by atomic mass is 16.5. The summed E-state index contributed by atoms with van der Waals surface area (Å²) in [5.41, 5.74) is 0. The third-order valence-electron chi connectivity index (χ3n) is 2.63. The number of ether oxygens (including phenoxy) is 1. The summed E-state index contributed by atoms with van der Waals surface area (Å²) in [5, 5.41) is 14.4. The maximum absolute atomic E-state index is 11.7. The first-order valence-corrected chi connectivity index (χ1v) is 6.23. The van der Waals surface area contributed by atoms with Crippen molar-refractivity contribution in [3.05, 3.63) is 0 Å². The van der Waals surface area contributed by atoms with Gasteiger partial charge in [-0.3, -0.25) is 9.59 Å². The van der Waals surface area contributed by atoms with E-state index in [1.165, 1.54) is 7.11 Å². The molecular weight excluding hydrogens is 252 g/mol. The van der Waals surface area contributed by atoms with Crippen LogP contribution >= 0.6 is 0 Å². The van der Waals surface area contributed by atoms with Gasteiger partial charge >= 0.3 is 11.9 Å². The van der Waals surface area contributed by atoms with Crippen molar-refractivity contribution < 1.29 is 24.2 Å². The number of esters is 1. The molecule has 0 aliphatic heterocycles. The van der Waals surface area contributed by atoms with E-state index in [0.717, 1.165) is 6.54 Å². The maximum Gasteiger partial charge on any atom is 0.326 e. The molecule has 3 N–H and O–H groups in total. The minimum Gasteiger partial charge on any atom is -0.480 e. The molecule has 0 aromatic carbocycles. The summed E-state index contributed by atoms with van der Waals surface area (Å²) >= 11 is 0. The summed E-state index contributed by atoms with van der Waals surface area (Å²) < 4.78 is 4.43. The second-order valence-corrected chi connectivity index (χ2v) is 4.22. The van der Waals surface area contributed by atoms with Crippen molar-refractivity contribution in [2.24, 2.45) is 5.92 Å². The van der Waals surface area contributed by atoms with E-state index in [0.29, 0.717) is 6.54 Å². The minimum atomic E-state index is -1.16. The van der Waals surface area contributed by atoms with Crippen molar-refractivity contribution in [3.8, 4) is 0 Å². The fraction of sp³-hybridized carbons (Fsp3) is 0.750. The third-order valence-corrected chi connectivity index (χ3v) is 2.63. The smallest absolute Gasteiger partial charge is 0.326 e. The summed E-state index contributed by atoms with van der Waals surface area (Å²) in [6.45, 7) is 4.84. The van der Waals surface area contributed by atoms with Crippen LogP contribution in [-0.4, -0.2) is 49.2 Å². The number of carbonyl (C=O) groups excluding carboxylic acids is 2. The van der Waals surface area contributed by atoms with Gasteiger partial charge in [-0.1, -0.05) is 13.8 Å². The van der Waals surface area contributed by atoms with E-state index in [4.69, 9.17) is 5.11 Å². The summed E-state index contributed by atoms with van der Waals surface area (Å²) in [5.74, 6) is -2.34. The molecule has 0 aliphatic carbocycles. The van der Waals surface area contributed by atoms with E-state index in [1.807, 2.05) is 6.92 Å². The number of nitrogens with one attached hydrogen (secondary N) is 2. The fourth-order valence-electron chi connectivity index (χ4n) is 1.39. The van der Waals surface area contributed by atoms with E-state index in [1.54, 1.807) is 6.92 Å². The standard InChI is InChI=1S/C12H22N2O5/c1-4-13-7-8(2)11(16)14-9(12(17)18)5-6-10(15)19-3/h8-9,13H,4-7H2,1-3H3,(H,14,16)(H,17,18)/t8?,9-/m1/s1. The second-order valence-electron chi connectivity index (χ2n) is 4.22. The lowest BCUT2D eigenvalue weighted by Crippen LogP contribution is -2.45. The van der Waals surface area contributed by atoms with Gasteiger partial charge < -0.3 is 20.5 Å². The first kappa shape index (κ1) is 17.4. The average molecular weight is 274 g/mol. The second kappa shape index (κ2) is 9.32. The van der Waals surface area contributed by atoms with E-state index >= 15 is 0 Å². The van der Waals surface area contributed by atoms with Crippen molar-refractivity contribution in [1.29, 1.82) is 0 Å². The number of carbonyl (C=O) groups is 3. The number of aliphatic carboxylic acids is 1. The molecule has 7 heteroatoms.